The van der Waals surface area contributed by atoms with Gasteiger partial charge in [0.1, 0.15) is 0 Å². The zero-order valence-electron chi connectivity index (χ0n) is 15.1. The summed E-state index contributed by atoms with van der Waals surface area (Å²) in [6.45, 7) is 3.68. The molecule has 1 heterocycles. The Balaban J connectivity index is 1.71. The quantitative estimate of drug-likeness (QED) is 0.825. The molecule has 1 amide bonds. The highest BCUT2D eigenvalue weighted by Crippen LogP contribution is 2.24. The lowest BCUT2D eigenvalue weighted by molar-refractivity contribution is -0.130. The van der Waals surface area contributed by atoms with Crippen LogP contribution >= 0.6 is 0 Å². The van der Waals surface area contributed by atoms with Crippen LogP contribution in [0.4, 0.5) is 0 Å². The van der Waals surface area contributed by atoms with E-state index in [9.17, 15) is 14.4 Å². The van der Waals surface area contributed by atoms with Gasteiger partial charge in [0, 0.05) is 23.0 Å². The monoisotopic (exact) mass is 356 g/mol. The van der Waals surface area contributed by atoms with Gasteiger partial charge in [-0.2, -0.15) is 0 Å². The smallest absolute Gasteiger partial charge is 0.339 e. The average molecular weight is 356 g/mol. The van der Waals surface area contributed by atoms with Crippen molar-refractivity contribution in [3.8, 4) is 0 Å². The highest BCUT2D eigenvalue weighted by Gasteiger charge is 2.27. The van der Waals surface area contributed by atoms with Crippen molar-refractivity contribution in [2.45, 2.75) is 51.7 Å². The van der Waals surface area contributed by atoms with Gasteiger partial charge in [-0.25, -0.2) is 4.79 Å². The molecule has 1 aliphatic rings. The topological polar surface area (TPSA) is 88.3 Å². The van der Waals surface area contributed by atoms with E-state index >= 15 is 0 Å². The molecule has 0 radical (unpaired) electrons. The molecule has 6 heteroatoms. The number of aromatic amines is 1. The third kappa shape index (κ3) is 3.95. The van der Waals surface area contributed by atoms with Crippen molar-refractivity contribution in [2.75, 3.05) is 0 Å². The van der Waals surface area contributed by atoms with Gasteiger partial charge in [-0.15, -0.1) is 0 Å². The standard InChI is InChI=1S/C20H24N2O4/c1-12-7-3-5-9-16(12)22-19(24)13(2)26-20(25)15-11-18(23)21-17-10-6-4-8-14(15)17/h4,6,8,10-13,16H,3,5,7,9H2,1-2H3,(H,21,23)(H,22,24)/t12-,13-,16+/m0/s1. The van der Waals surface area contributed by atoms with Crippen LogP contribution in [-0.2, 0) is 9.53 Å². The molecular weight excluding hydrogens is 332 g/mol. The van der Waals surface area contributed by atoms with Crippen LogP contribution in [0.25, 0.3) is 10.9 Å². The summed E-state index contributed by atoms with van der Waals surface area (Å²) in [6.07, 6.45) is 3.41. The number of hydrogen-bond donors (Lipinski definition) is 2. The molecule has 1 aromatic heterocycles. The summed E-state index contributed by atoms with van der Waals surface area (Å²) in [5, 5.41) is 3.58. The molecule has 3 rings (SSSR count). The van der Waals surface area contributed by atoms with E-state index in [1.165, 1.54) is 12.5 Å². The first-order valence-electron chi connectivity index (χ1n) is 9.09. The number of hydrogen-bond acceptors (Lipinski definition) is 4. The van der Waals surface area contributed by atoms with Crippen LogP contribution in [0.3, 0.4) is 0 Å². The minimum atomic E-state index is -0.922. The number of aromatic nitrogens is 1. The van der Waals surface area contributed by atoms with Crippen molar-refractivity contribution in [2.24, 2.45) is 5.92 Å². The molecule has 6 nitrogen and oxygen atoms in total. The molecule has 138 valence electrons. The molecule has 0 unspecified atom stereocenters. The zero-order valence-corrected chi connectivity index (χ0v) is 15.1. The van der Waals surface area contributed by atoms with E-state index < -0.39 is 12.1 Å². The maximum Gasteiger partial charge on any atom is 0.339 e. The molecule has 1 aliphatic carbocycles. The van der Waals surface area contributed by atoms with Crippen molar-refractivity contribution in [1.82, 2.24) is 10.3 Å². The predicted molar refractivity (Wildman–Crippen MR) is 99.0 cm³/mol. The number of carbonyl (C=O) groups is 2. The SMILES string of the molecule is C[C@H](OC(=O)c1cc(=O)[nH]c2ccccc12)C(=O)N[C@@H]1CCCC[C@@H]1C. The molecule has 1 saturated carbocycles. The van der Waals surface area contributed by atoms with Gasteiger partial charge < -0.3 is 15.0 Å². The molecule has 3 atom stereocenters. The first kappa shape index (κ1) is 18.2. The molecule has 2 N–H and O–H groups in total. The van der Waals surface area contributed by atoms with Gasteiger partial charge in [0.25, 0.3) is 5.91 Å². The van der Waals surface area contributed by atoms with E-state index in [1.807, 2.05) is 0 Å². The van der Waals surface area contributed by atoms with Crippen molar-refractivity contribution in [1.29, 1.82) is 0 Å². The van der Waals surface area contributed by atoms with Crippen molar-refractivity contribution >= 4 is 22.8 Å². The Morgan fingerprint density at radius 1 is 1.23 bits per heavy atom. The van der Waals surface area contributed by atoms with Gasteiger partial charge in [-0.1, -0.05) is 38.0 Å². The minimum absolute atomic E-state index is 0.123. The fourth-order valence-electron chi connectivity index (χ4n) is 3.48. The Morgan fingerprint density at radius 3 is 2.73 bits per heavy atom. The van der Waals surface area contributed by atoms with Gasteiger partial charge in [-0.3, -0.25) is 9.59 Å². The van der Waals surface area contributed by atoms with Crippen molar-refractivity contribution in [3.63, 3.8) is 0 Å². The molecule has 1 aromatic carbocycles. The van der Waals surface area contributed by atoms with E-state index in [1.54, 1.807) is 31.2 Å². The van der Waals surface area contributed by atoms with Gasteiger partial charge in [0.05, 0.1) is 5.56 Å². The minimum Gasteiger partial charge on any atom is -0.449 e. The first-order chi connectivity index (χ1) is 12.5. The third-order valence-corrected chi connectivity index (χ3v) is 5.06. The molecule has 0 saturated heterocycles. The highest BCUT2D eigenvalue weighted by atomic mass is 16.5. The van der Waals surface area contributed by atoms with Crippen molar-refractivity contribution in [3.05, 3.63) is 46.2 Å². The number of rotatable bonds is 4. The molecule has 2 aromatic rings. The van der Waals surface area contributed by atoms with Crippen LogP contribution in [0.15, 0.2) is 35.1 Å². The normalized spacial score (nSPS) is 21.2. The van der Waals surface area contributed by atoms with Gasteiger partial charge >= 0.3 is 5.97 Å². The summed E-state index contributed by atoms with van der Waals surface area (Å²) in [6, 6.07) is 8.33. The van der Waals surface area contributed by atoms with Crippen molar-refractivity contribution < 1.29 is 14.3 Å². The van der Waals surface area contributed by atoms with Gasteiger partial charge in [0.15, 0.2) is 6.10 Å². The van der Waals surface area contributed by atoms with E-state index in [-0.39, 0.29) is 23.1 Å². The number of nitrogens with one attached hydrogen (secondary N) is 2. The number of para-hydroxylation sites is 1. The lowest BCUT2D eigenvalue weighted by atomic mass is 9.86. The second-order valence-corrected chi connectivity index (χ2v) is 7.02. The van der Waals surface area contributed by atoms with Crippen LogP contribution in [0.1, 0.15) is 49.9 Å². The van der Waals surface area contributed by atoms with E-state index in [0.717, 1.165) is 19.3 Å². The maximum atomic E-state index is 12.5. The second kappa shape index (κ2) is 7.72. The number of esters is 1. The Kier molecular flexibility index (Phi) is 5.40. The van der Waals surface area contributed by atoms with E-state index in [4.69, 9.17) is 4.74 Å². The summed E-state index contributed by atoms with van der Waals surface area (Å²) in [7, 11) is 0. The maximum absolute atomic E-state index is 12.5. The van der Waals surface area contributed by atoms with E-state index in [0.29, 0.717) is 16.8 Å². The van der Waals surface area contributed by atoms with Crippen LogP contribution in [0.5, 0.6) is 0 Å². The number of fused-ring (bicyclic) bond motifs is 1. The molecule has 1 fully saturated rings. The summed E-state index contributed by atoms with van der Waals surface area (Å²) in [5.41, 5.74) is 0.332. The Hall–Kier alpha value is -2.63. The lowest BCUT2D eigenvalue weighted by Crippen LogP contribution is -2.46. The number of amides is 1. The number of H-pyrrole nitrogens is 1. The summed E-state index contributed by atoms with van der Waals surface area (Å²) < 4.78 is 5.33. The van der Waals surface area contributed by atoms with Gasteiger partial charge in [0.2, 0.25) is 5.56 Å². The fourth-order valence-corrected chi connectivity index (χ4v) is 3.48. The Morgan fingerprint density at radius 2 is 1.96 bits per heavy atom. The third-order valence-electron chi connectivity index (χ3n) is 5.06. The number of benzene rings is 1. The predicted octanol–water partition coefficient (Wildman–Crippen LogP) is 2.77. The first-order valence-corrected chi connectivity index (χ1v) is 9.09. The Bertz CT molecular complexity index is 873. The lowest BCUT2D eigenvalue weighted by Gasteiger charge is -2.30. The van der Waals surface area contributed by atoms with E-state index in [2.05, 4.69) is 17.2 Å². The second-order valence-electron chi connectivity index (χ2n) is 7.02. The Labute approximate surface area is 151 Å². The molecule has 26 heavy (non-hydrogen) atoms. The molecule has 0 bridgehead atoms. The summed E-state index contributed by atoms with van der Waals surface area (Å²) >= 11 is 0. The number of ether oxygens (including phenoxy) is 1. The number of pyridine rings is 1. The van der Waals surface area contributed by atoms with Crippen LogP contribution in [-0.4, -0.2) is 29.0 Å². The van der Waals surface area contributed by atoms with Gasteiger partial charge in [-0.05, 0) is 31.7 Å². The highest BCUT2D eigenvalue weighted by molar-refractivity contribution is 6.03. The molecule has 0 spiro atoms. The summed E-state index contributed by atoms with van der Waals surface area (Å²) in [5.74, 6) is -0.551. The van der Waals surface area contributed by atoms with Crippen LogP contribution < -0.4 is 10.9 Å². The molecular formula is C20H24N2O4. The summed E-state index contributed by atoms with van der Waals surface area (Å²) in [4.78, 5) is 39.4. The number of carbonyl (C=O) groups excluding carboxylic acids is 2. The average Bonchev–Trinajstić information content (AvgIpc) is 2.62. The van der Waals surface area contributed by atoms with Crippen LogP contribution in [0.2, 0.25) is 0 Å². The van der Waals surface area contributed by atoms with Crippen LogP contribution in [0, 0.1) is 5.92 Å². The zero-order chi connectivity index (χ0) is 18.7. The fraction of sp³-hybridized carbons (Fsp3) is 0.450. The largest absolute Gasteiger partial charge is 0.449 e. The molecule has 0 aliphatic heterocycles.